The van der Waals surface area contributed by atoms with E-state index < -0.39 is 5.60 Å². The molecule has 2 fully saturated rings. The second-order valence-corrected chi connectivity index (χ2v) is 7.90. The van der Waals surface area contributed by atoms with Gasteiger partial charge in [-0.2, -0.15) is 0 Å². The van der Waals surface area contributed by atoms with Gasteiger partial charge in [0.05, 0.1) is 5.60 Å². The summed E-state index contributed by atoms with van der Waals surface area (Å²) in [6, 6.07) is 18.6. The van der Waals surface area contributed by atoms with Crippen LogP contribution in [0.4, 0.5) is 0 Å². The van der Waals surface area contributed by atoms with Crippen LogP contribution in [-0.4, -0.2) is 48.3 Å². The number of rotatable bonds is 7. The highest BCUT2D eigenvalue weighted by Crippen LogP contribution is 2.44. The zero-order chi connectivity index (χ0) is 18.5. The van der Waals surface area contributed by atoms with E-state index in [0.29, 0.717) is 6.61 Å². The third kappa shape index (κ3) is 4.52. The Morgan fingerprint density at radius 3 is 2.33 bits per heavy atom. The minimum atomic E-state index is -0.544. The first-order valence-electron chi connectivity index (χ1n) is 10.2. The van der Waals surface area contributed by atoms with Crippen LogP contribution in [0.5, 0.6) is 5.75 Å². The highest BCUT2D eigenvalue weighted by molar-refractivity contribution is 5.32. The molecule has 0 aromatic heterocycles. The molecule has 2 aromatic rings. The third-order valence-corrected chi connectivity index (χ3v) is 6.05. The summed E-state index contributed by atoms with van der Waals surface area (Å²) in [5, 5.41) is 14.5. The van der Waals surface area contributed by atoms with Crippen LogP contribution in [0.1, 0.15) is 36.3 Å². The van der Waals surface area contributed by atoms with Crippen molar-refractivity contribution in [3.05, 3.63) is 65.7 Å². The minimum Gasteiger partial charge on any atom is -0.489 e. The largest absolute Gasteiger partial charge is 0.489 e. The lowest BCUT2D eigenvalue weighted by atomic mass is 9.68. The molecule has 0 bridgehead atoms. The molecule has 1 aliphatic carbocycles. The number of nitrogens with zero attached hydrogens (tertiary/aromatic N) is 1. The normalized spacial score (nSPS) is 20.6. The van der Waals surface area contributed by atoms with Gasteiger partial charge in [0.1, 0.15) is 12.4 Å². The van der Waals surface area contributed by atoms with E-state index in [1.165, 1.54) is 11.1 Å². The number of hydrogen-bond donors (Lipinski definition) is 2. The molecule has 2 aromatic carbocycles. The number of benzene rings is 2. The fourth-order valence-electron chi connectivity index (χ4n) is 4.16. The second-order valence-electron chi connectivity index (χ2n) is 7.90. The van der Waals surface area contributed by atoms with Gasteiger partial charge in [0, 0.05) is 38.6 Å². The topological polar surface area (TPSA) is 44.7 Å². The molecule has 1 atom stereocenters. The van der Waals surface area contributed by atoms with E-state index in [1.54, 1.807) is 0 Å². The van der Waals surface area contributed by atoms with Gasteiger partial charge >= 0.3 is 0 Å². The van der Waals surface area contributed by atoms with E-state index in [9.17, 15) is 5.11 Å². The number of nitrogens with one attached hydrogen (secondary N) is 1. The Morgan fingerprint density at radius 2 is 1.70 bits per heavy atom. The molecule has 27 heavy (non-hydrogen) atoms. The molecule has 1 aliphatic heterocycles. The monoisotopic (exact) mass is 366 g/mol. The number of piperazine rings is 1. The molecule has 0 spiro atoms. The van der Waals surface area contributed by atoms with Crippen LogP contribution < -0.4 is 10.1 Å². The highest BCUT2D eigenvalue weighted by atomic mass is 16.5. The molecule has 1 saturated heterocycles. The lowest BCUT2D eigenvalue weighted by Crippen LogP contribution is -2.51. The first-order chi connectivity index (χ1) is 13.2. The second kappa shape index (κ2) is 8.42. The molecule has 1 heterocycles. The molecule has 4 nitrogen and oxygen atoms in total. The van der Waals surface area contributed by atoms with Crippen molar-refractivity contribution in [3.8, 4) is 5.75 Å². The number of hydrogen-bond acceptors (Lipinski definition) is 4. The van der Waals surface area contributed by atoms with Crippen molar-refractivity contribution in [2.45, 2.75) is 37.4 Å². The van der Waals surface area contributed by atoms with Gasteiger partial charge in [-0.3, -0.25) is 0 Å². The van der Waals surface area contributed by atoms with Crippen LogP contribution in [0, 0.1) is 0 Å². The summed E-state index contributed by atoms with van der Waals surface area (Å²) < 4.78 is 5.92. The maximum atomic E-state index is 11.1. The van der Waals surface area contributed by atoms with Crippen molar-refractivity contribution in [3.63, 3.8) is 0 Å². The van der Waals surface area contributed by atoms with Gasteiger partial charge in [-0.15, -0.1) is 0 Å². The van der Waals surface area contributed by atoms with Crippen LogP contribution in [0.3, 0.4) is 0 Å². The fourth-order valence-corrected chi connectivity index (χ4v) is 4.16. The Morgan fingerprint density at radius 1 is 1.00 bits per heavy atom. The average Bonchev–Trinajstić information content (AvgIpc) is 2.71. The SMILES string of the molecule is OC1(C(CN2CCNCC2)c2ccc(OCc3ccccc3)cc2)CCC1. The summed E-state index contributed by atoms with van der Waals surface area (Å²) in [6.45, 7) is 5.71. The van der Waals surface area contributed by atoms with Gasteiger partial charge in [0.25, 0.3) is 0 Å². The van der Waals surface area contributed by atoms with Crippen molar-refractivity contribution in [1.29, 1.82) is 0 Å². The standard InChI is InChI=1S/C23H30N2O2/c26-23(11-4-12-23)22(17-25-15-13-24-14-16-25)20-7-9-21(10-8-20)27-18-19-5-2-1-3-6-19/h1-3,5-10,22,24,26H,4,11-18H2. The van der Waals surface area contributed by atoms with Gasteiger partial charge in [-0.05, 0) is 42.5 Å². The maximum Gasteiger partial charge on any atom is 0.119 e. The maximum absolute atomic E-state index is 11.1. The van der Waals surface area contributed by atoms with E-state index in [4.69, 9.17) is 4.74 Å². The van der Waals surface area contributed by atoms with Crippen molar-refractivity contribution in [2.75, 3.05) is 32.7 Å². The van der Waals surface area contributed by atoms with Crippen molar-refractivity contribution < 1.29 is 9.84 Å². The van der Waals surface area contributed by atoms with Crippen LogP contribution in [0.15, 0.2) is 54.6 Å². The molecule has 0 amide bonds. The van der Waals surface area contributed by atoms with E-state index in [2.05, 4.69) is 34.5 Å². The summed E-state index contributed by atoms with van der Waals surface area (Å²) in [6.07, 6.45) is 2.96. The molecule has 144 valence electrons. The van der Waals surface area contributed by atoms with E-state index in [-0.39, 0.29) is 5.92 Å². The van der Waals surface area contributed by atoms with Gasteiger partial charge in [0.2, 0.25) is 0 Å². The van der Waals surface area contributed by atoms with Crippen molar-refractivity contribution in [1.82, 2.24) is 10.2 Å². The van der Waals surface area contributed by atoms with E-state index >= 15 is 0 Å². The highest BCUT2D eigenvalue weighted by Gasteiger charge is 2.43. The summed E-state index contributed by atoms with van der Waals surface area (Å²) in [5.41, 5.74) is 1.85. The molecule has 1 saturated carbocycles. The Bertz CT molecular complexity index is 707. The van der Waals surface area contributed by atoms with Gasteiger partial charge < -0.3 is 20.1 Å². The zero-order valence-corrected chi connectivity index (χ0v) is 15.9. The smallest absolute Gasteiger partial charge is 0.119 e. The summed E-state index contributed by atoms with van der Waals surface area (Å²) >= 11 is 0. The zero-order valence-electron chi connectivity index (χ0n) is 15.9. The van der Waals surface area contributed by atoms with Gasteiger partial charge in [0.15, 0.2) is 0 Å². The average molecular weight is 367 g/mol. The Balaban J connectivity index is 1.43. The fraction of sp³-hybridized carbons (Fsp3) is 0.478. The summed E-state index contributed by atoms with van der Waals surface area (Å²) in [4.78, 5) is 2.48. The summed E-state index contributed by atoms with van der Waals surface area (Å²) in [7, 11) is 0. The first-order valence-corrected chi connectivity index (χ1v) is 10.2. The quantitative estimate of drug-likeness (QED) is 0.790. The molecular weight excluding hydrogens is 336 g/mol. The predicted octanol–water partition coefficient (Wildman–Crippen LogP) is 3.17. The first kappa shape index (κ1) is 18.5. The Hall–Kier alpha value is -1.88. The van der Waals surface area contributed by atoms with Gasteiger partial charge in [-0.1, -0.05) is 42.5 Å². The Labute approximate surface area is 162 Å². The molecule has 4 rings (SSSR count). The van der Waals surface area contributed by atoms with Crippen molar-refractivity contribution in [2.24, 2.45) is 0 Å². The van der Waals surface area contributed by atoms with E-state index in [0.717, 1.165) is 57.7 Å². The summed E-state index contributed by atoms with van der Waals surface area (Å²) in [5.74, 6) is 1.05. The molecule has 1 unspecified atom stereocenters. The molecule has 2 N–H and O–H groups in total. The van der Waals surface area contributed by atoms with Gasteiger partial charge in [-0.25, -0.2) is 0 Å². The molecule has 4 heteroatoms. The van der Waals surface area contributed by atoms with Crippen LogP contribution in [-0.2, 0) is 6.61 Å². The molecule has 0 radical (unpaired) electrons. The third-order valence-electron chi connectivity index (χ3n) is 6.05. The number of aliphatic hydroxyl groups is 1. The lowest BCUT2D eigenvalue weighted by Gasteiger charge is -2.46. The Kier molecular flexibility index (Phi) is 5.77. The number of ether oxygens (including phenoxy) is 1. The van der Waals surface area contributed by atoms with Crippen LogP contribution >= 0.6 is 0 Å². The lowest BCUT2D eigenvalue weighted by molar-refractivity contribution is -0.0652. The predicted molar refractivity (Wildman–Crippen MR) is 108 cm³/mol. The van der Waals surface area contributed by atoms with E-state index in [1.807, 2.05) is 30.3 Å². The molecule has 2 aliphatic rings. The van der Waals surface area contributed by atoms with Crippen LogP contribution in [0.2, 0.25) is 0 Å². The van der Waals surface area contributed by atoms with Crippen molar-refractivity contribution >= 4 is 0 Å². The van der Waals surface area contributed by atoms with Crippen LogP contribution in [0.25, 0.3) is 0 Å². The molecular formula is C23H30N2O2. The minimum absolute atomic E-state index is 0.174.